The number of nitrogens with zero attached hydrogens (tertiary/aromatic N) is 1. The van der Waals surface area contributed by atoms with Crippen LogP contribution in [0.4, 0.5) is 4.39 Å². The Morgan fingerprint density at radius 2 is 1.66 bits per heavy atom. The van der Waals surface area contributed by atoms with Crippen molar-refractivity contribution in [2.45, 2.75) is 45.7 Å². The molecule has 0 saturated heterocycles. The number of carbonyl (C=O) groups excluding carboxylic acids is 2. The summed E-state index contributed by atoms with van der Waals surface area (Å²) in [7, 11) is 0. The molecule has 1 unspecified atom stereocenters. The predicted molar refractivity (Wildman–Crippen MR) is 135 cm³/mol. The fourth-order valence-electron chi connectivity index (χ4n) is 3.81. The van der Waals surface area contributed by atoms with Gasteiger partial charge in [0.25, 0.3) is 5.91 Å². The topological polar surface area (TPSA) is 58.6 Å². The summed E-state index contributed by atoms with van der Waals surface area (Å²) in [5.74, 6) is -0.473. The van der Waals surface area contributed by atoms with Gasteiger partial charge < -0.3 is 15.0 Å². The first kappa shape index (κ1) is 25.9. The minimum absolute atomic E-state index is 0.0403. The summed E-state index contributed by atoms with van der Waals surface area (Å²) in [5, 5.41) is 2.96. The number of hydrogen-bond acceptors (Lipinski definition) is 3. The minimum atomic E-state index is -0.818. The Bertz CT molecular complexity index is 1100. The highest BCUT2D eigenvalue weighted by molar-refractivity contribution is 5.88. The van der Waals surface area contributed by atoms with Crippen LogP contribution in [-0.4, -0.2) is 35.9 Å². The summed E-state index contributed by atoms with van der Waals surface area (Å²) in [4.78, 5) is 28.3. The second-order valence-corrected chi connectivity index (χ2v) is 8.52. The van der Waals surface area contributed by atoms with Gasteiger partial charge in [0.15, 0.2) is 6.61 Å². The molecule has 35 heavy (non-hydrogen) atoms. The Morgan fingerprint density at radius 3 is 2.37 bits per heavy atom. The van der Waals surface area contributed by atoms with Crippen LogP contribution in [0.25, 0.3) is 0 Å². The Labute approximate surface area is 206 Å². The highest BCUT2D eigenvalue weighted by Gasteiger charge is 2.31. The SMILES string of the molecule is CCCCNC(=O)C(Cc1ccccc1)N(Cc1ccccc1F)C(=O)COc1ccccc1C. The number of carbonyl (C=O) groups is 2. The molecule has 3 aromatic rings. The lowest BCUT2D eigenvalue weighted by Crippen LogP contribution is -2.52. The van der Waals surface area contributed by atoms with E-state index >= 15 is 0 Å². The van der Waals surface area contributed by atoms with E-state index in [4.69, 9.17) is 4.74 Å². The van der Waals surface area contributed by atoms with E-state index in [0.717, 1.165) is 24.0 Å². The van der Waals surface area contributed by atoms with Crippen molar-refractivity contribution in [3.05, 3.63) is 101 Å². The number of benzene rings is 3. The molecule has 0 fully saturated rings. The third-order valence-electron chi connectivity index (χ3n) is 5.84. The van der Waals surface area contributed by atoms with E-state index in [1.54, 1.807) is 24.3 Å². The quantitative estimate of drug-likeness (QED) is 0.372. The van der Waals surface area contributed by atoms with Crippen LogP contribution in [0.1, 0.15) is 36.5 Å². The van der Waals surface area contributed by atoms with Crippen molar-refractivity contribution in [3.63, 3.8) is 0 Å². The van der Waals surface area contributed by atoms with Gasteiger partial charge in [-0.05, 0) is 36.6 Å². The van der Waals surface area contributed by atoms with Gasteiger partial charge in [0, 0.05) is 25.1 Å². The van der Waals surface area contributed by atoms with Gasteiger partial charge in [-0.2, -0.15) is 0 Å². The van der Waals surface area contributed by atoms with E-state index in [-0.39, 0.29) is 25.0 Å². The van der Waals surface area contributed by atoms with Gasteiger partial charge in [-0.15, -0.1) is 0 Å². The summed E-state index contributed by atoms with van der Waals surface area (Å²) < 4.78 is 20.4. The molecule has 2 amide bonds. The monoisotopic (exact) mass is 476 g/mol. The number of para-hydroxylation sites is 1. The first-order chi connectivity index (χ1) is 17.0. The standard InChI is InChI=1S/C29H33FN2O3/c1-3-4-18-31-29(34)26(19-23-13-6-5-7-14-23)32(20-24-15-9-10-16-25(24)30)28(33)21-35-27-17-11-8-12-22(27)2/h5-17,26H,3-4,18-21H2,1-2H3,(H,31,34). The van der Waals surface area contributed by atoms with E-state index in [0.29, 0.717) is 24.3 Å². The third kappa shape index (κ3) is 7.67. The van der Waals surface area contributed by atoms with Crippen LogP contribution in [0.3, 0.4) is 0 Å². The zero-order valence-electron chi connectivity index (χ0n) is 20.4. The number of hydrogen-bond donors (Lipinski definition) is 1. The zero-order chi connectivity index (χ0) is 25.0. The number of aryl methyl sites for hydroxylation is 1. The smallest absolute Gasteiger partial charge is 0.261 e. The molecule has 0 aliphatic rings. The molecular weight excluding hydrogens is 443 g/mol. The first-order valence-electron chi connectivity index (χ1n) is 12.0. The third-order valence-corrected chi connectivity index (χ3v) is 5.84. The highest BCUT2D eigenvalue weighted by atomic mass is 19.1. The second-order valence-electron chi connectivity index (χ2n) is 8.52. The molecule has 0 aliphatic carbocycles. The number of rotatable bonds is 12. The van der Waals surface area contributed by atoms with Gasteiger partial charge in [-0.1, -0.05) is 80.1 Å². The number of amides is 2. The average Bonchev–Trinajstić information content (AvgIpc) is 2.87. The summed E-state index contributed by atoms with van der Waals surface area (Å²) in [6.45, 7) is 4.16. The fourth-order valence-corrected chi connectivity index (χ4v) is 3.81. The first-order valence-corrected chi connectivity index (χ1v) is 12.0. The van der Waals surface area contributed by atoms with Crippen LogP contribution in [0, 0.1) is 12.7 Å². The summed E-state index contributed by atoms with van der Waals surface area (Å²) in [5.41, 5.74) is 2.16. The molecule has 0 spiro atoms. The Morgan fingerprint density at radius 1 is 0.971 bits per heavy atom. The molecular formula is C29H33FN2O3. The molecule has 0 bridgehead atoms. The van der Waals surface area contributed by atoms with Gasteiger partial charge in [0.05, 0.1) is 0 Å². The predicted octanol–water partition coefficient (Wildman–Crippen LogP) is 5.07. The maximum atomic E-state index is 14.6. The van der Waals surface area contributed by atoms with Crippen molar-refractivity contribution in [2.24, 2.45) is 0 Å². The second kappa shape index (κ2) is 13.3. The van der Waals surface area contributed by atoms with Gasteiger partial charge in [-0.25, -0.2) is 4.39 Å². The van der Waals surface area contributed by atoms with Crippen molar-refractivity contribution in [2.75, 3.05) is 13.2 Å². The van der Waals surface area contributed by atoms with Gasteiger partial charge >= 0.3 is 0 Å². The maximum absolute atomic E-state index is 14.6. The van der Waals surface area contributed by atoms with Crippen LogP contribution in [0.15, 0.2) is 78.9 Å². The number of nitrogens with one attached hydrogen (secondary N) is 1. The summed E-state index contributed by atoms with van der Waals surface area (Å²) in [6, 6.07) is 22.4. The van der Waals surface area contributed by atoms with Gasteiger partial charge in [0.1, 0.15) is 17.6 Å². The molecule has 0 aliphatic heterocycles. The van der Waals surface area contributed by atoms with E-state index in [9.17, 15) is 14.0 Å². The van der Waals surface area contributed by atoms with E-state index in [2.05, 4.69) is 5.32 Å². The van der Waals surface area contributed by atoms with Crippen molar-refractivity contribution in [3.8, 4) is 5.75 Å². The number of ether oxygens (including phenoxy) is 1. The Hall–Kier alpha value is -3.67. The van der Waals surface area contributed by atoms with Crippen LogP contribution in [0.5, 0.6) is 5.75 Å². The lowest BCUT2D eigenvalue weighted by atomic mass is 10.0. The molecule has 0 aromatic heterocycles. The molecule has 1 atom stereocenters. The molecule has 0 saturated carbocycles. The van der Waals surface area contributed by atoms with Gasteiger partial charge in [0.2, 0.25) is 5.91 Å². The minimum Gasteiger partial charge on any atom is -0.484 e. The number of unbranched alkanes of at least 4 members (excludes halogenated alkanes) is 1. The largest absolute Gasteiger partial charge is 0.484 e. The van der Waals surface area contributed by atoms with Crippen LogP contribution < -0.4 is 10.1 Å². The zero-order valence-corrected chi connectivity index (χ0v) is 20.4. The fraction of sp³-hybridized carbons (Fsp3) is 0.310. The Kier molecular flexibility index (Phi) is 9.84. The normalized spacial score (nSPS) is 11.5. The van der Waals surface area contributed by atoms with Crippen molar-refractivity contribution < 1.29 is 18.7 Å². The molecule has 0 heterocycles. The molecule has 1 N–H and O–H groups in total. The van der Waals surface area contributed by atoms with Crippen LogP contribution in [0.2, 0.25) is 0 Å². The lowest BCUT2D eigenvalue weighted by molar-refractivity contribution is -0.142. The maximum Gasteiger partial charge on any atom is 0.261 e. The Balaban J connectivity index is 1.90. The van der Waals surface area contributed by atoms with Crippen molar-refractivity contribution in [1.82, 2.24) is 10.2 Å². The van der Waals surface area contributed by atoms with Crippen LogP contribution in [-0.2, 0) is 22.6 Å². The number of halogens is 1. The van der Waals surface area contributed by atoms with Crippen LogP contribution >= 0.6 is 0 Å². The van der Waals surface area contributed by atoms with E-state index < -0.39 is 11.9 Å². The molecule has 3 aromatic carbocycles. The van der Waals surface area contributed by atoms with Crippen molar-refractivity contribution in [1.29, 1.82) is 0 Å². The molecule has 6 heteroatoms. The molecule has 0 radical (unpaired) electrons. The lowest BCUT2D eigenvalue weighted by Gasteiger charge is -2.31. The molecule has 5 nitrogen and oxygen atoms in total. The molecule has 184 valence electrons. The van der Waals surface area contributed by atoms with E-state index in [1.165, 1.54) is 11.0 Å². The molecule has 3 rings (SSSR count). The van der Waals surface area contributed by atoms with Gasteiger partial charge in [-0.3, -0.25) is 9.59 Å². The van der Waals surface area contributed by atoms with Crippen molar-refractivity contribution >= 4 is 11.8 Å². The summed E-state index contributed by atoms with van der Waals surface area (Å²) in [6.07, 6.45) is 2.08. The van der Waals surface area contributed by atoms with E-state index in [1.807, 2.05) is 62.4 Å². The average molecular weight is 477 g/mol. The highest BCUT2D eigenvalue weighted by Crippen LogP contribution is 2.19. The summed E-state index contributed by atoms with van der Waals surface area (Å²) >= 11 is 0.